The molecule has 2 aromatic rings. The van der Waals surface area contributed by atoms with Crippen molar-refractivity contribution in [1.29, 1.82) is 0 Å². The maximum atomic E-state index is 11.9. The lowest BCUT2D eigenvalue weighted by Crippen LogP contribution is -2.11. The van der Waals surface area contributed by atoms with Crippen molar-refractivity contribution in [2.24, 2.45) is 0 Å². The van der Waals surface area contributed by atoms with Gasteiger partial charge in [0.05, 0.1) is 13.2 Å². The van der Waals surface area contributed by atoms with Crippen LogP contribution in [0.25, 0.3) is 0 Å². The van der Waals surface area contributed by atoms with E-state index in [1.54, 1.807) is 19.3 Å². The fourth-order valence-corrected chi connectivity index (χ4v) is 2.14. The molecule has 0 atom stereocenters. The Morgan fingerprint density at radius 1 is 1.43 bits per heavy atom. The second-order valence-electron chi connectivity index (χ2n) is 4.72. The molecule has 0 amide bonds. The Bertz CT molecular complexity index is 649. The summed E-state index contributed by atoms with van der Waals surface area (Å²) in [7, 11) is 0. The Hall–Kier alpha value is -2.37. The standard InChI is InChI=1S/C15H20N4O2/c1-4-12-18-13(15(20)21-5-2)14(16)19(12)9-11-8-17-7-6-10(11)3/h6-8H,4-5,9,16H2,1-3H3. The van der Waals surface area contributed by atoms with Gasteiger partial charge in [-0.05, 0) is 31.0 Å². The highest BCUT2D eigenvalue weighted by molar-refractivity contribution is 5.92. The maximum absolute atomic E-state index is 11.9. The summed E-state index contributed by atoms with van der Waals surface area (Å²) in [5.74, 6) is 0.624. The van der Waals surface area contributed by atoms with Crippen molar-refractivity contribution in [1.82, 2.24) is 14.5 Å². The van der Waals surface area contributed by atoms with E-state index in [2.05, 4.69) is 9.97 Å². The second-order valence-corrected chi connectivity index (χ2v) is 4.72. The topological polar surface area (TPSA) is 83.0 Å². The number of carbonyl (C=O) groups excluding carboxylic acids is 1. The number of ether oxygens (including phenoxy) is 1. The van der Waals surface area contributed by atoms with Gasteiger partial charge in [-0.25, -0.2) is 9.78 Å². The van der Waals surface area contributed by atoms with E-state index in [-0.39, 0.29) is 5.69 Å². The summed E-state index contributed by atoms with van der Waals surface area (Å²) < 4.78 is 6.83. The normalized spacial score (nSPS) is 10.6. The highest BCUT2D eigenvalue weighted by Gasteiger charge is 2.21. The number of nitrogens with zero attached hydrogens (tertiary/aromatic N) is 3. The molecule has 2 aromatic heterocycles. The number of rotatable bonds is 5. The largest absolute Gasteiger partial charge is 0.461 e. The number of nitrogens with two attached hydrogens (primary N) is 1. The van der Waals surface area contributed by atoms with Gasteiger partial charge in [0.25, 0.3) is 0 Å². The van der Waals surface area contributed by atoms with Crippen LogP contribution in [0.2, 0.25) is 0 Å². The van der Waals surface area contributed by atoms with E-state index in [1.807, 2.05) is 24.5 Å². The molecule has 0 saturated carbocycles. The first-order valence-corrected chi connectivity index (χ1v) is 6.99. The number of pyridine rings is 1. The van der Waals surface area contributed by atoms with Gasteiger partial charge in [-0.3, -0.25) is 4.98 Å². The van der Waals surface area contributed by atoms with Crippen LogP contribution in [0.4, 0.5) is 5.82 Å². The van der Waals surface area contributed by atoms with Crippen LogP contribution in [0.1, 0.15) is 41.3 Å². The monoisotopic (exact) mass is 288 g/mol. The molecule has 112 valence electrons. The van der Waals surface area contributed by atoms with E-state index in [4.69, 9.17) is 10.5 Å². The molecule has 2 N–H and O–H groups in total. The van der Waals surface area contributed by atoms with Crippen molar-refractivity contribution in [3.63, 3.8) is 0 Å². The third kappa shape index (κ3) is 3.04. The molecule has 0 aliphatic carbocycles. The number of imidazole rings is 1. The zero-order valence-electron chi connectivity index (χ0n) is 12.6. The summed E-state index contributed by atoms with van der Waals surface area (Å²) in [6.07, 6.45) is 4.24. The van der Waals surface area contributed by atoms with Crippen molar-refractivity contribution >= 4 is 11.8 Å². The zero-order valence-corrected chi connectivity index (χ0v) is 12.6. The molecule has 0 bridgehead atoms. The predicted molar refractivity (Wildman–Crippen MR) is 80.0 cm³/mol. The van der Waals surface area contributed by atoms with Crippen LogP contribution in [0, 0.1) is 6.92 Å². The van der Waals surface area contributed by atoms with E-state index in [0.29, 0.717) is 25.4 Å². The summed E-state index contributed by atoms with van der Waals surface area (Å²) in [5, 5.41) is 0. The van der Waals surface area contributed by atoms with Crippen LogP contribution >= 0.6 is 0 Å². The first-order valence-electron chi connectivity index (χ1n) is 6.99. The average molecular weight is 288 g/mol. The maximum Gasteiger partial charge on any atom is 0.360 e. The molecule has 21 heavy (non-hydrogen) atoms. The van der Waals surface area contributed by atoms with Crippen LogP contribution in [0.3, 0.4) is 0 Å². The Morgan fingerprint density at radius 3 is 2.81 bits per heavy atom. The molecule has 0 aliphatic rings. The van der Waals surface area contributed by atoms with Gasteiger partial charge in [0, 0.05) is 18.8 Å². The quantitative estimate of drug-likeness (QED) is 0.850. The van der Waals surface area contributed by atoms with Crippen LogP contribution in [0.15, 0.2) is 18.5 Å². The van der Waals surface area contributed by atoms with Crippen LogP contribution in [0.5, 0.6) is 0 Å². The number of anilines is 1. The lowest BCUT2D eigenvalue weighted by Gasteiger charge is -2.10. The molecule has 0 aliphatic heterocycles. The first kappa shape index (κ1) is 15.0. The third-order valence-electron chi connectivity index (χ3n) is 3.35. The SMILES string of the molecule is CCOC(=O)c1nc(CC)n(Cc2cnccc2C)c1N. The van der Waals surface area contributed by atoms with Crippen LogP contribution < -0.4 is 5.73 Å². The van der Waals surface area contributed by atoms with Gasteiger partial charge < -0.3 is 15.0 Å². The van der Waals surface area contributed by atoms with Gasteiger partial charge in [0.15, 0.2) is 5.69 Å². The van der Waals surface area contributed by atoms with Gasteiger partial charge >= 0.3 is 5.97 Å². The zero-order chi connectivity index (χ0) is 15.4. The molecule has 0 fully saturated rings. The van der Waals surface area contributed by atoms with Gasteiger partial charge in [-0.2, -0.15) is 0 Å². The number of nitrogen functional groups attached to an aromatic ring is 1. The Morgan fingerprint density at radius 2 is 2.19 bits per heavy atom. The summed E-state index contributed by atoms with van der Waals surface area (Å²) >= 11 is 0. The Kier molecular flexibility index (Phi) is 4.57. The Labute approximate surface area is 124 Å². The van der Waals surface area contributed by atoms with E-state index in [0.717, 1.165) is 17.0 Å². The number of hydrogen-bond acceptors (Lipinski definition) is 5. The van der Waals surface area contributed by atoms with E-state index >= 15 is 0 Å². The number of carbonyl (C=O) groups is 1. The van der Waals surface area contributed by atoms with Crippen molar-refractivity contribution in [3.8, 4) is 0 Å². The van der Waals surface area contributed by atoms with Gasteiger partial charge in [-0.15, -0.1) is 0 Å². The molecular formula is C15H20N4O2. The molecule has 0 aromatic carbocycles. The number of esters is 1. The molecule has 0 unspecified atom stereocenters. The van der Waals surface area contributed by atoms with Crippen molar-refractivity contribution in [3.05, 3.63) is 41.1 Å². The highest BCUT2D eigenvalue weighted by atomic mass is 16.5. The fraction of sp³-hybridized carbons (Fsp3) is 0.400. The molecule has 0 spiro atoms. The highest BCUT2D eigenvalue weighted by Crippen LogP contribution is 2.19. The number of hydrogen-bond donors (Lipinski definition) is 1. The fourth-order valence-electron chi connectivity index (χ4n) is 2.14. The molecule has 2 rings (SSSR count). The second kappa shape index (κ2) is 6.39. The van der Waals surface area contributed by atoms with Crippen molar-refractivity contribution in [2.75, 3.05) is 12.3 Å². The van der Waals surface area contributed by atoms with Crippen LogP contribution in [-0.2, 0) is 17.7 Å². The summed E-state index contributed by atoms with van der Waals surface area (Å²) in [6.45, 7) is 6.59. The molecule has 2 heterocycles. The molecule has 6 heteroatoms. The van der Waals surface area contributed by atoms with Crippen LogP contribution in [-0.4, -0.2) is 27.1 Å². The van der Waals surface area contributed by atoms with Crippen molar-refractivity contribution in [2.45, 2.75) is 33.7 Å². The van der Waals surface area contributed by atoms with Gasteiger partial charge in [0.1, 0.15) is 11.6 Å². The lowest BCUT2D eigenvalue weighted by molar-refractivity contribution is 0.0521. The third-order valence-corrected chi connectivity index (χ3v) is 3.35. The predicted octanol–water partition coefficient (Wildman–Crippen LogP) is 1.96. The van der Waals surface area contributed by atoms with Crippen molar-refractivity contribution < 1.29 is 9.53 Å². The number of aryl methyl sites for hydroxylation is 2. The van der Waals surface area contributed by atoms with E-state index in [1.165, 1.54) is 0 Å². The minimum atomic E-state index is -0.480. The molecule has 0 radical (unpaired) electrons. The number of aromatic nitrogens is 3. The first-order chi connectivity index (χ1) is 10.1. The summed E-state index contributed by atoms with van der Waals surface area (Å²) in [5.41, 5.74) is 8.45. The molecular weight excluding hydrogens is 268 g/mol. The summed E-state index contributed by atoms with van der Waals surface area (Å²) in [4.78, 5) is 20.3. The lowest BCUT2D eigenvalue weighted by atomic mass is 10.1. The summed E-state index contributed by atoms with van der Waals surface area (Å²) in [6, 6.07) is 1.94. The van der Waals surface area contributed by atoms with Gasteiger partial charge in [0.2, 0.25) is 0 Å². The molecule has 0 saturated heterocycles. The van der Waals surface area contributed by atoms with E-state index < -0.39 is 5.97 Å². The minimum Gasteiger partial charge on any atom is -0.461 e. The van der Waals surface area contributed by atoms with Gasteiger partial charge in [-0.1, -0.05) is 6.92 Å². The van der Waals surface area contributed by atoms with E-state index in [9.17, 15) is 4.79 Å². The Balaban J connectivity index is 2.39. The average Bonchev–Trinajstić information content (AvgIpc) is 2.78. The smallest absolute Gasteiger partial charge is 0.360 e. The molecule has 6 nitrogen and oxygen atoms in total. The minimum absolute atomic E-state index is 0.190.